The number of rotatable bonds is 6. The molecule has 136 valence electrons. The highest BCUT2D eigenvalue weighted by atomic mass is 32.1. The highest BCUT2D eigenvalue weighted by molar-refractivity contribution is 7.21. The lowest BCUT2D eigenvalue weighted by molar-refractivity contribution is 0.473. The van der Waals surface area contributed by atoms with E-state index in [0.29, 0.717) is 6.42 Å². The molecular weight excluding hydrogens is 355 g/mol. The van der Waals surface area contributed by atoms with Crippen molar-refractivity contribution in [2.45, 2.75) is 12.8 Å². The molecule has 0 aliphatic heterocycles. The van der Waals surface area contributed by atoms with Crippen LogP contribution in [0.15, 0.2) is 66.7 Å². The van der Waals surface area contributed by atoms with Gasteiger partial charge in [-0.2, -0.15) is 0 Å². The van der Waals surface area contributed by atoms with Gasteiger partial charge in [0, 0.05) is 28.6 Å². The van der Waals surface area contributed by atoms with Crippen molar-refractivity contribution in [2.24, 2.45) is 0 Å². The van der Waals surface area contributed by atoms with E-state index in [-0.39, 0.29) is 6.67 Å². The fourth-order valence-corrected chi connectivity index (χ4v) is 4.17. The van der Waals surface area contributed by atoms with Gasteiger partial charge in [0.05, 0.1) is 12.4 Å². The van der Waals surface area contributed by atoms with Crippen LogP contribution in [0.1, 0.15) is 12.0 Å². The molecule has 2 aromatic heterocycles. The third-order valence-corrected chi connectivity index (χ3v) is 5.78. The van der Waals surface area contributed by atoms with Gasteiger partial charge in [-0.05, 0) is 54.3 Å². The molecule has 0 spiro atoms. The van der Waals surface area contributed by atoms with Gasteiger partial charge >= 0.3 is 0 Å². The summed E-state index contributed by atoms with van der Waals surface area (Å²) in [4.78, 5) is 7.13. The molecule has 0 saturated carbocycles. The molecule has 0 unspecified atom stereocenters. The number of thiophene rings is 1. The van der Waals surface area contributed by atoms with Gasteiger partial charge in [0.2, 0.25) is 0 Å². The first-order chi connectivity index (χ1) is 13.3. The Morgan fingerprint density at radius 3 is 2.37 bits per heavy atom. The Bertz CT molecular complexity index is 1040. The van der Waals surface area contributed by atoms with Crippen LogP contribution in [0.2, 0.25) is 0 Å². The Labute approximate surface area is 162 Å². The lowest BCUT2D eigenvalue weighted by atomic mass is 10.1. The SMILES string of the molecule is CNc1ccc(-c2cc3ccc(-c4ccc(CCCF)cc4)nc3s2)cc1. The van der Waals surface area contributed by atoms with Crippen LogP contribution in [0.25, 0.3) is 31.9 Å². The second kappa shape index (κ2) is 7.89. The van der Waals surface area contributed by atoms with E-state index in [1.807, 2.05) is 7.05 Å². The van der Waals surface area contributed by atoms with Crippen molar-refractivity contribution in [3.63, 3.8) is 0 Å². The third-order valence-electron chi connectivity index (χ3n) is 4.69. The number of benzene rings is 2. The second-order valence-electron chi connectivity index (χ2n) is 6.52. The van der Waals surface area contributed by atoms with Crippen LogP contribution in [0.5, 0.6) is 0 Å². The predicted molar refractivity (Wildman–Crippen MR) is 114 cm³/mol. The van der Waals surface area contributed by atoms with Gasteiger partial charge < -0.3 is 5.32 Å². The lowest BCUT2D eigenvalue weighted by Gasteiger charge is -2.03. The molecular formula is C23H21FN2S. The average Bonchev–Trinajstić information content (AvgIpc) is 3.16. The van der Waals surface area contributed by atoms with Gasteiger partial charge in [0.15, 0.2) is 0 Å². The molecule has 0 aliphatic carbocycles. The van der Waals surface area contributed by atoms with Crippen LogP contribution in [-0.4, -0.2) is 18.7 Å². The molecule has 0 atom stereocenters. The fraction of sp³-hybridized carbons (Fsp3) is 0.174. The zero-order valence-corrected chi connectivity index (χ0v) is 16.0. The van der Waals surface area contributed by atoms with Crippen molar-refractivity contribution in [3.05, 3.63) is 72.3 Å². The molecule has 4 heteroatoms. The fourth-order valence-electron chi connectivity index (χ4n) is 3.13. The van der Waals surface area contributed by atoms with Crippen molar-refractivity contribution in [2.75, 3.05) is 19.0 Å². The Morgan fingerprint density at radius 1 is 0.926 bits per heavy atom. The molecule has 2 aromatic carbocycles. The standard InChI is InChI=1S/C23H21FN2S/c1-25-20-11-8-18(9-12-20)22-15-19-10-13-21(26-23(19)27-22)17-6-4-16(5-7-17)3-2-14-24/h4-13,15,25H,2-3,14H2,1H3. The second-order valence-corrected chi connectivity index (χ2v) is 7.55. The minimum absolute atomic E-state index is 0.266. The van der Waals surface area contributed by atoms with Crippen LogP contribution in [-0.2, 0) is 6.42 Å². The minimum Gasteiger partial charge on any atom is -0.388 e. The maximum atomic E-state index is 12.3. The van der Waals surface area contributed by atoms with Crippen LogP contribution < -0.4 is 5.32 Å². The molecule has 0 fully saturated rings. The van der Waals surface area contributed by atoms with Gasteiger partial charge in [-0.25, -0.2) is 4.98 Å². The smallest absolute Gasteiger partial charge is 0.124 e. The monoisotopic (exact) mass is 376 g/mol. The number of fused-ring (bicyclic) bond motifs is 1. The summed E-state index contributed by atoms with van der Waals surface area (Å²) in [6, 6.07) is 23.1. The number of hydrogen-bond donors (Lipinski definition) is 1. The molecule has 0 bridgehead atoms. The van der Waals surface area contributed by atoms with E-state index in [0.717, 1.165) is 33.6 Å². The van der Waals surface area contributed by atoms with E-state index in [4.69, 9.17) is 4.98 Å². The first-order valence-electron chi connectivity index (χ1n) is 9.11. The molecule has 0 amide bonds. The van der Waals surface area contributed by atoms with Gasteiger partial charge in [-0.3, -0.25) is 4.39 Å². The number of halogens is 1. The van der Waals surface area contributed by atoms with E-state index < -0.39 is 0 Å². The van der Waals surface area contributed by atoms with Crippen LogP contribution in [0.3, 0.4) is 0 Å². The third kappa shape index (κ3) is 3.86. The lowest BCUT2D eigenvalue weighted by Crippen LogP contribution is -1.88. The molecule has 1 N–H and O–H groups in total. The van der Waals surface area contributed by atoms with E-state index in [2.05, 4.69) is 72.0 Å². The Hall–Kier alpha value is -2.72. The van der Waals surface area contributed by atoms with E-state index in [1.54, 1.807) is 11.3 Å². The summed E-state index contributed by atoms with van der Waals surface area (Å²) in [7, 11) is 1.92. The molecule has 2 heterocycles. The summed E-state index contributed by atoms with van der Waals surface area (Å²) in [6.07, 6.45) is 1.36. The van der Waals surface area contributed by atoms with Crippen molar-refractivity contribution in [3.8, 4) is 21.7 Å². The topological polar surface area (TPSA) is 24.9 Å². The average molecular weight is 376 g/mol. The molecule has 4 rings (SSSR count). The van der Waals surface area contributed by atoms with Crippen molar-refractivity contribution < 1.29 is 4.39 Å². The normalized spacial score (nSPS) is 11.0. The quantitative estimate of drug-likeness (QED) is 0.411. The van der Waals surface area contributed by atoms with Gasteiger partial charge in [-0.15, -0.1) is 11.3 Å². The number of hydrogen-bond acceptors (Lipinski definition) is 3. The maximum absolute atomic E-state index is 12.3. The van der Waals surface area contributed by atoms with Gasteiger partial charge in [0.1, 0.15) is 4.83 Å². The Kier molecular flexibility index (Phi) is 5.16. The summed E-state index contributed by atoms with van der Waals surface area (Å²) < 4.78 is 12.3. The zero-order valence-electron chi connectivity index (χ0n) is 15.2. The van der Waals surface area contributed by atoms with Gasteiger partial charge in [-0.1, -0.05) is 36.4 Å². The van der Waals surface area contributed by atoms with Crippen LogP contribution in [0, 0.1) is 0 Å². The molecule has 4 aromatic rings. The highest BCUT2D eigenvalue weighted by Gasteiger charge is 2.08. The number of nitrogens with one attached hydrogen (secondary N) is 1. The van der Waals surface area contributed by atoms with Crippen molar-refractivity contribution in [1.29, 1.82) is 0 Å². The molecule has 0 radical (unpaired) electrons. The number of aryl methyl sites for hydroxylation is 1. The van der Waals surface area contributed by atoms with Gasteiger partial charge in [0.25, 0.3) is 0 Å². The Balaban J connectivity index is 1.62. The molecule has 0 saturated heterocycles. The number of anilines is 1. The molecule has 0 aliphatic rings. The summed E-state index contributed by atoms with van der Waals surface area (Å²) >= 11 is 1.71. The number of alkyl halides is 1. The summed E-state index contributed by atoms with van der Waals surface area (Å²) in [5.41, 5.74) is 5.54. The van der Waals surface area contributed by atoms with Crippen molar-refractivity contribution >= 4 is 27.2 Å². The maximum Gasteiger partial charge on any atom is 0.124 e. The van der Waals surface area contributed by atoms with E-state index in [9.17, 15) is 4.39 Å². The summed E-state index contributed by atoms with van der Waals surface area (Å²) in [5, 5.41) is 4.31. The number of nitrogens with zero attached hydrogens (tertiary/aromatic N) is 1. The largest absolute Gasteiger partial charge is 0.388 e. The first-order valence-corrected chi connectivity index (χ1v) is 9.92. The summed E-state index contributed by atoms with van der Waals surface area (Å²) in [5.74, 6) is 0. The van der Waals surface area contributed by atoms with E-state index in [1.165, 1.54) is 16.0 Å². The zero-order chi connectivity index (χ0) is 18.6. The number of aromatic nitrogens is 1. The number of pyridine rings is 1. The first kappa shape index (κ1) is 17.7. The van der Waals surface area contributed by atoms with Crippen molar-refractivity contribution in [1.82, 2.24) is 4.98 Å². The summed E-state index contributed by atoms with van der Waals surface area (Å²) in [6.45, 7) is -0.266. The molecule has 27 heavy (non-hydrogen) atoms. The predicted octanol–water partition coefficient (Wildman–Crippen LogP) is 6.57. The van der Waals surface area contributed by atoms with E-state index >= 15 is 0 Å². The Morgan fingerprint density at radius 2 is 1.67 bits per heavy atom. The molecule has 2 nitrogen and oxygen atoms in total. The van der Waals surface area contributed by atoms with Crippen LogP contribution in [0.4, 0.5) is 10.1 Å². The minimum atomic E-state index is -0.266. The highest BCUT2D eigenvalue weighted by Crippen LogP contribution is 2.34. The van der Waals surface area contributed by atoms with Crippen LogP contribution >= 0.6 is 11.3 Å².